The summed E-state index contributed by atoms with van der Waals surface area (Å²) in [6, 6.07) is 10.3. The molecular weight excluding hydrogens is 426 g/mol. The topological polar surface area (TPSA) is 81.0 Å². The number of aromatic nitrogens is 5. The SMILES string of the molecule is Cc1cc(N2C[C@H]3CC[C@@H](C2)[C@H]3Nc2nc(Oc3cccc(Cl)c3)n(C(C)C)n2)ncn1. The summed E-state index contributed by atoms with van der Waals surface area (Å²) in [5.74, 6) is 3.32. The first-order valence-electron chi connectivity index (χ1n) is 11.2. The van der Waals surface area contributed by atoms with E-state index in [-0.39, 0.29) is 6.04 Å². The second kappa shape index (κ2) is 8.58. The van der Waals surface area contributed by atoms with Crippen molar-refractivity contribution in [1.82, 2.24) is 24.7 Å². The van der Waals surface area contributed by atoms with Crippen LogP contribution in [0.2, 0.25) is 5.02 Å². The highest BCUT2D eigenvalue weighted by Gasteiger charge is 2.43. The van der Waals surface area contributed by atoms with E-state index in [1.165, 1.54) is 12.8 Å². The van der Waals surface area contributed by atoms with Gasteiger partial charge in [0.15, 0.2) is 0 Å². The number of halogens is 1. The van der Waals surface area contributed by atoms with Crippen molar-refractivity contribution in [3.05, 3.63) is 47.4 Å². The van der Waals surface area contributed by atoms with E-state index in [0.29, 0.717) is 40.6 Å². The zero-order chi connectivity index (χ0) is 22.2. The lowest BCUT2D eigenvalue weighted by Gasteiger charge is -2.38. The second-order valence-electron chi connectivity index (χ2n) is 9.01. The Hall–Kier alpha value is -2.87. The summed E-state index contributed by atoms with van der Waals surface area (Å²) in [5.41, 5.74) is 0.998. The van der Waals surface area contributed by atoms with Crippen molar-refractivity contribution in [2.24, 2.45) is 11.8 Å². The normalized spacial score (nSPS) is 22.4. The van der Waals surface area contributed by atoms with Crippen LogP contribution in [-0.4, -0.2) is 43.9 Å². The molecular formula is C23H28ClN7O. The molecule has 32 heavy (non-hydrogen) atoms. The highest BCUT2D eigenvalue weighted by atomic mass is 35.5. The van der Waals surface area contributed by atoms with Crippen molar-refractivity contribution in [3.63, 3.8) is 0 Å². The lowest BCUT2D eigenvalue weighted by Crippen LogP contribution is -2.48. The maximum Gasteiger partial charge on any atom is 0.322 e. The van der Waals surface area contributed by atoms with E-state index >= 15 is 0 Å². The van der Waals surface area contributed by atoms with Crippen molar-refractivity contribution < 1.29 is 4.74 Å². The Morgan fingerprint density at radius 3 is 2.59 bits per heavy atom. The molecule has 0 amide bonds. The standard InChI is InChI=1S/C23H28ClN7O/c1-14(2)31-23(32-19-6-4-5-18(24)10-19)28-22(29-31)27-21-16-7-8-17(21)12-30(11-16)20-9-15(3)25-13-26-20/h4-6,9-10,13-14,16-17,21H,7-8,11-12H2,1-3H3,(H,27,29)/t16-,17+,21+. The van der Waals surface area contributed by atoms with Gasteiger partial charge in [-0.15, -0.1) is 5.10 Å². The van der Waals surface area contributed by atoms with Crippen molar-refractivity contribution in [1.29, 1.82) is 0 Å². The minimum Gasteiger partial charge on any atom is -0.424 e. The minimum absolute atomic E-state index is 0.117. The monoisotopic (exact) mass is 453 g/mol. The zero-order valence-electron chi connectivity index (χ0n) is 18.6. The Balaban J connectivity index is 1.32. The average Bonchev–Trinajstić information content (AvgIpc) is 3.24. The number of nitrogens with zero attached hydrogens (tertiary/aromatic N) is 6. The predicted octanol–water partition coefficient (Wildman–Crippen LogP) is 4.73. The van der Waals surface area contributed by atoms with E-state index in [0.717, 1.165) is 24.6 Å². The van der Waals surface area contributed by atoms with E-state index in [1.807, 2.05) is 29.8 Å². The predicted molar refractivity (Wildman–Crippen MR) is 125 cm³/mol. The van der Waals surface area contributed by atoms with Crippen LogP contribution in [0.4, 0.5) is 11.8 Å². The molecule has 2 aliphatic rings. The van der Waals surface area contributed by atoms with Crippen LogP contribution in [-0.2, 0) is 0 Å². The molecule has 2 fully saturated rings. The van der Waals surface area contributed by atoms with Gasteiger partial charge in [-0.05, 0) is 63.6 Å². The smallest absolute Gasteiger partial charge is 0.322 e. The fourth-order valence-corrected chi connectivity index (χ4v) is 5.00. The third kappa shape index (κ3) is 4.24. The van der Waals surface area contributed by atoms with Crippen LogP contribution in [0.3, 0.4) is 0 Å². The minimum atomic E-state index is 0.117. The van der Waals surface area contributed by atoms with Gasteiger partial charge in [0.2, 0.25) is 5.95 Å². The third-order valence-electron chi connectivity index (χ3n) is 6.34. The molecule has 0 unspecified atom stereocenters. The summed E-state index contributed by atoms with van der Waals surface area (Å²) >= 11 is 6.10. The number of hydrogen-bond acceptors (Lipinski definition) is 7. The molecule has 3 aromatic rings. The Morgan fingerprint density at radius 1 is 1.12 bits per heavy atom. The van der Waals surface area contributed by atoms with Gasteiger partial charge >= 0.3 is 6.01 Å². The molecule has 3 heterocycles. The van der Waals surface area contributed by atoms with Gasteiger partial charge < -0.3 is 15.0 Å². The Bertz CT molecular complexity index is 1090. The molecule has 5 rings (SSSR count). The van der Waals surface area contributed by atoms with Crippen LogP contribution in [0.25, 0.3) is 0 Å². The summed E-state index contributed by atoms with van der Waals surface area (Å²) in [5, 5.41) is 8.96. The van der Waals surface area contributed by atoms with Gasteiger partial charge in [-0.25, -0.2) is 14.6 Å². The number of benzene rings is 1. The maximum absolute atomic E-state index is 6.10. The van der Waals surface area contributed by atoms with Gasteiger partial charge in [-0.3, -0.25) is 0 Å². The van der Waals surface area contributed by atoms with E-state index in [1.54, 1.807) is 12.4 Å². The number of fused-ring (bicyclic) bond motifs is 2. The molecule has 8 nitrogen and oxygen atoms in total. The molecule has 3 atom stereocenters. The highest BCUT2D eigenvalue weighted by molar-refractivity contribution is 6.30. The Morgan fingerprint density at radius 2 is 1.91 bits per heavy atom. The van der Waals surface area contributed by atoms with Crippen LogP contribution >= 0.6 is 11.6 Å². The second-order valence-corrected chi connectivity index (χ2v) is 9.44. The van der Waals surface area contributed by atoms with Gasteiger partial charge in [-0.2, -0.15) is 4.98 Å². The number of rotatable bonds is 6. The molecule has 1 aliphatic carbocycles. The molecule has 0 radical (unpaired) electrons. The zero-order valence-corrected chi connectivity index (χ0v) is 19.3. The van der Waals surface area contributed by atoms with E-state index in [4.69, 9.17) is 21.4 Å². The van der Waals surface area contributed by atoms with Crippen molar-refractivity contribution in [2.45, 2.75) is 45.7 Å². The van der Waals surface area contributed by atoms with Gasteiger partial charge in [0.25, 0.3) is 0 Å². The number of anilines is 2. The lowest BCUT2D eigenvalue weighted by atomic mass is 9.92. The lowest BCUT2D eigenvalue weighted by molar-refractivity contribution is 0.373. The molecule has 1 aliphatic heterocycles. The fraction of sp³-hybridized carbons (Fsp3) is 0.478. The number of hydrogen-bond donors (Lipinski definition) is 1. The number of piperidine rings is 1. The first-order chi connectivity index (χ1) is 15.5. The quantitative estimate of drug-likeness (QED) is 0.577. The van der Waals surface area contributed by atoms with Crippen LogP contribution < -0.4 is 15.0 Å². The first-order valence-corrected chi connectivity index (χ1v) is 11.5. The Kier molecular flexibility index (Phi) is 5.63. The van der Waals surface area contributed by atoms with E-state index in [9.17, 15) is 0 Å². The largest absolute Gasteiger partial charge is 0.424 e. The number of aryl methyl sites for hydroxylation is 1. The maximum atomic E-state index is 6.10. The van der Waals surface area contributed by atoms with Gasteiger partial charge in [0.05, 0.1) is 6.04 Å². The highest BCUT2D eigenvalue weighted by Crippen LogP contribution is 2.40. The summed E-state index contributed by atoms with van der Waals surface area (Å²) < 4.78 is 7.83. The van der Waals surface area contributed by atoms with Crippen LogP contribution in [0.15, 0.2) is 36.7 Å². The molecule has 2 bridgehead atoms. The van der Waals surface area contributed by atoms with Crippen LogP contribution in [0.5, 0.6) is 11.8 Å². The number of ether oxygens (including phenoxy) is 1. The Labute approximate surface area is 193 Å². The summed E-state index contributed by atoms with van der Waals surface area (Å²) in [6.07, 6.45) is 4.04. The van der Waals surface area contributed by atoms with Gasteiger partial charge in [-0.1, -0.05) is 17.7 Å². The average molecular weight is 454 g/mol. The van der Waals surface area contributed by atoms with E-state index < -0.39 is 0 Å². The van der Waals surface area contributed by atoms with Crippen LogP contribution in [0.1, 0.15) is 38.4 Å². The third-order valence-corrected chi connectivity index (χ3v) is 6.57. The molecule has 9 heteroatoms. The molecule has 1 N–H and O–H groups in total. The van der Waals surface area contributed by atoms with Gasteiger partial charge in [0, 0.05) is 35.9 Å². The molecule has 1 aromatic carbocycles. The summed E-state index contributed by atoms with van der Waals surface area (Å²) in [6.45, 7) is 8.08. The molecule has 1 saturated carbocycles. The van der Waals surface area contributed by atoms with Crippen LogP contribution in [0, 0.1) is 18.8 Å². The fourth-order valence-electron chi connectivity index (χ4n) is 4.82. The summed E-state index contributed by atoms with van der Waals surface area (Å²) in [7, 11) is 0. The summed E-state index contributed by atoms with van der Waals surface area (Å²) in [4.78, 5) is 15.8. The van der Waals surface area contributed by atoms with Crippen molar-refractivity contribution in [3.8, 4) is 11.8 Å². The van der Waals surface area contributed by atoms with Crippen molar-refractivity contribution in [2.75, 3.05) is 23.3 Å². The van der Waals surface area contributed by atoms with Gasteiger partial charge in [0.1, 0.15) is 17.9 Å². The molecule has 168 valence electrons. The molecule has 0 spiro atoms. The van der Waals surface area contributed by atoms with E-state index in [2.05, 4.69) is 45.1 Å². The molecule has 2 aromatic heterocycles. The van der Waals surface area contributed by atoms with Crippen molar-refractivity contribution >= 4 is 23.4 Å². The first kappa shape index (κ1) is 21.0. The molecule has 1 saturated heterocycles. The number of nitrogens with one attached hydrogen (secondary N) is 1.